The molecule has 2 aromatic rings. The van der Waals surface area contributed by atoms with E-state index < -0.39 is 0 Å². The topological polar surface area (TPSA) is 75.5 Å². The lowest BCUT2D eigenvalue weighted by atomic mass is 10.1. The molecule has 6 nitrogen and oxygen atoms in total. The van der Waals surface area contributed by atoms with Crippen LogP contribution < -0.4 is 0 Å². The van der Waals surface area contributed by atoms with Crippen molar-refractivity contribution in [2.75, 3.05) is 26.3 Å². The Balaban J connectivity index is 1.87. The second-order valence-electron chi connectivity index (χ2n) is 4.77. The van der Waals surface area contributed by atoms with E-state index in [4.69, 9.17) is 4.74 Å². The summed E-state index contributed by atoms with van der Waals surface area (Å²) >= 11 is 0. The van der Waals surface area contributed by atoms with E-state index >= 15 is 0 Å². The maximum Gasteiger partial charge on any atom is 0.254 e. The lowest BCUT2D eigenvalue weighted by Gasteiger charge is -2.26. The third kappa shape index (κ3) is 3.00. The SMILES string of the molecule is O=C(c1ccnc(-c2cncc(O)c2)c1)N1CCOCC1. The normalized spacial score (nSPS) is 15.0. The second-order valence-corrected chi connectivity index (χ2v) is 4.77. The van der Waals surface area contributed by atoms with Gasteiger partial charge in [-0.25, -0.2) is 0 Å². The van der Waals surface area contributed by atoms with Crippen LogP contribution in [-0.4, -0.2) is 52.2 Å². The third-order valence-corrected chi connectivity index (χ3v) is 3.32. The van der Waals surface area contributed by atoms with Crippen LogP contribution in [0, 0.1) is 0 Å². The zero-order valence-corrected chi connectivity index (χ0v) is 11.4. The van der Waals surface area contributed by atoms with Gasteiger partial charge in [0.1, 0.15) is 5.75 Å². The van der Waals surface area contributed by atoms with Crippen LogP contribution in [-0.2, 0) is 4.74 Å². The molecule has 1 fully saturated rings. The Morgan fingerprint density at radius 3 is 2.81 bits per heavy atom. The molecule has 6 heteroatoms. The average molecular weight is 285 g/mol. The van der Waals surface area contributed by atoms with E-state index in [0.29, 0.717) is 43.1 Å². The molecule has 1 amide bonds. The number of amides is 1. The molecule has 1 aliphatic heterocycles. The first kappa shape index (κ1) is 13.5. The highest BCUT2D eigenvalue weighted by Crippen LogP contribution is 2.21. The second kappa shape index (κ2) is 5.88. The van der Waals surface area contributed by atoms with Crippen LogP contribution in [0.3, 0.4) is 0 Å². The summed E-state index contributed by atoms with van der Waals surface area (Å²) in [6.45, 7) is 2.34. The van der Waals surface area contributed by atoms with Crippen LogP contribution in [0.4, 0.5) is 0 Å². The van der Waals surface area contributed by atoms with E-state index in [2.05, 4.69) is 9.97 Å². The fourth-order valence-electron chi connectivity index (χ4n) is 2.24. The Bertz CT molecular complexity index is 654. The van der Waals surface area contributed by atoms with Crippen molar-refractivity contribution in [1.82, 2.24) is 14.9 Å². The molecule has 0 spiro atoms. The number of nitrogens with zero attached hydrogens (tertiary/aromatic N) is 3. The van der Waals surface area contributed by atoms with Gasteiger partial charge in [0.05, 0.1) is 25.1 Å². The summed E-state index contributed by atoms with van der Waals surface area (Å²) in [5.41, 5.74) is 1.86. The fourth-order valence-corrected chi connectivity index (χ4v) is 2.24. The smallest absolute Gasteiger partial charge is 0.254 e. The number of hydrogen-bond acceptors (Lipinski definition) is 5. The van der Waals surface area contributed by atoms with E-state index in [1.54, 1.807) is 35.5 Å². The molecule has 2 aromatic heterocycles. The van der Waals surface area contributed by atoms with Gasteiger partial charge in [-0.05, 0) is 18.2 Å². The van der Waals surface area contributed by atoms with Crippen molar-refractivity contribution >= 4 is 5.91 Å². The molecule has 0 atom stereocenters. The van der Waals surface area contributed by atoms with E-state index in [0.717, 1.165) is 0 Å². The molecular weight excluding hydrogens is 270 g/mol. The van der Waals surface area contributed by atoms with Gasteiger partial charge in [0, 0.05) is 36.6 Å². The molecule has 3 rings (SSSR count). The Morgan fingerprint density at radius 1 is 1.24 bits per heavy atom. The summed E-state index contributed by atoms with van der Waals surface area (Å²) in [4.78, 5) is 22.3. The first-order valence-corrected chi connectivity index (χ1v) is 6.71. The van der Waals surface area contributed by atoms with Crippen LogP contribution in [0.2, 0.25) is 0 Å². The predicted molar refractivity (Wildman–Crippen MR) is 75.9 cm³/mol. The molecular formula is C15H15N3O3. The maximum atomic E-state index is 12.4. The summed E-state index contributed by atoms with van der Waals surface area (Å²) in [5, 5.41) is 9.48. The lowest BCUT2D eigenvalue weighted by molar-refractivity contribution is 0.0303. The number of carbonyl (C=O) groups excluding carboxylic acids is 1. The molecule has 0 aliphatic carbocycles. The Morgan fingerprint density at radius 2 is 2.05 bits per heavy atom. The summed E-state index contributed by atoms with van der Waals surface area (Å²) < 4.78 is 5.25. The van der Waals surface area contributed by atoms with Crippen LogP contribution in [0.25, 0.3) is 11.3 Å². The highest BCUT2D eigenvalue weighted by atomic mass is 16.5. The van der Waals surface area contributed by atoms with Gasteiger partial charge >= 0.3 is 0 Å². The Labute approximate surface area is 122 Å². The van der Waals surface area contributed by atoms with Gasteiger partial charge in [-0.1, -0.05) is 0 Å². The zero-order chi connectivity index (χ0) is 14.7. The number of aromatic nitrogens is 2. The molecule has 3 heterocycles. The van der Waals surface area contributed by atoms with Gasteiger partial charge in [0.2, 0.25) is 0 Å². The standard InChI is InChI=1S/C15H15N3O3/c19-13-7-12(9-16-10-13)14-8-11(1-2-17-14)15(20)18-3-5-21-6-4-18/h1-2,7-10,19H,3-6H2. The number of carbonyl (C=O) groups is 1. The molecule has 0 saturated carbocycles. The van der Waals surface area contributed by atoms with Gasteiger partial charge in [0.15, 0.2) is 0 Å². The number of hydrogen-bond donors (Lipinski definition) is 1. The molecule has 0 bridgehead atoms. The Hall–Kier alpha value is -2.47. The van der Waals surface area contributed by atoms with Gasteiger partial charge in [-0.3, -0.25) is 14.8 Å². The summed E-state index contributed by atoms with van der Waals surface area (Å²) in [5.74, 6) is 0.0364. The average Bonchev–Trinajstić information content (AvgIpc) is 2.55. The van der Waals surface area contributed by atoms with Gasteiger partial charge in [-0.15, -0.1) is 0 Å². The van der Waals surface area contributed by atoms with Gasteiger partial charge < -0.3 is 14.7 Å². The van der Waals surface area contributed by atoms with Crippen LogP contribution in [0.5, 0.6) is 5.75 Å². The fraction of sp³-hybridized carbons (Fsp3) is 0.267. The summed E-state index contributed by atoms with van der Waals surface area (Å²) in [6, 6.07) is 4.98. The molecule has 0 unspecified atom stereocenters. The number of morpholine rings is 1. The van der Waals surface area contributed by atoms with E-state index in [-0.39, 0.29) is 11.7 Å². The van der Waals surface area contributed by atoms with E-state index in [1.807, 2.05) is 0 Å². The monoisotopic (exact) mass is 285 g/mol. The number of rotatable bonds is 2. The molecule has 21 heavy (non-hydrogen) atoms. The molecule has 0 radical (unpaired) electrons. The van der Waals surface area contributed by atoms with Crippen LogP contribution in [0.15, 0.2) is 36.8 Å². The molecule has 108 valence electrons. The molecule has 1 N–H and O–H groups in total. The largest absolute Gasteiger partial charge is 0.506 e. The van der Waals surface area contributed by atoms with Crippen molar-refractivity contribution < 1.29 is 14.6 Å². The van der Waals surface area contributed by atoms with Crippen molar-refractivity contribution in [2.24, 2.45) is 0 Å². The number of pyridine rings is 2. The first-order valence-electron chi connectivity index (χ1n) is 6.71. The van der Waals surface area contributed by atoms with E-state index in [9.17, 15) is 9.90 Å². The van der Waals surface area contributed by atoms with Gasteiger partial charge in [-0.2, -0.15) is 0 Å². The summed E-state index contributed by atoms with van der Waals surface area (Å²) in [7, 11) is 0. The number of aromatic hydroxyl groups is 1. The minimum Gasteiger partial charge on any atom is -0.506 e. The van der Waals surface area contributed by atoms with Crippen molar-refractivity contribution in [3.8, 4) is 17.0 Å². The predicted octanol–water partition coefficient (Wildman–Crippen LogP) is 1.32. The maximum absolute atomic E-state index is 12.4. The minimum atomic E-state index is -0.0323. The molecule has 0 aromatic carbocycles. The minimum absolute atomic E-state index is 0.0323. The molecule has 1 saturated heterocycles. The van der Waals surface area contributed by atoms with Crippen molar-refractivity contribution in [3.05, 3.63) is 42.4 Å². The summed E-state index contributed by atoms with van der Waals surface area (Å²) in [6.07, 6.45) is 4.55. The quantitative estimate of drug-likeness (QED) is 0.900. The van der Waals surface area contributed by atoms with Crippen LogP contribution in [0.1, 0.15) is 10.4 Å². The number of ether oxygens (including phenoxy) is 1. The lowest BCUT2D eigenvalue weighted by Crippen LogP contribution is -2.40. The van der Waals surface area contributed by atoms with Crippen molar-refractivity contribution in [2.45, 2.75) is 0 Å². The van der Waals surface area contributed by atoms with Crippen LogP contribution >= 0.6 is 0 Å². The van der Waals surface area contributed by atoms with Gasteiger partial charge in [0.25, 0.3) is 5.91 Å². The highest BCUT2D eigenvalue weighted by molar-refractivity contribution is 5.95. The van der Waals surface area contributed by atoms with E-state index in [1.165, 1.54) is 6.20 Å². The third-order valence-electron chi connectivity index (χ3n) is 3.32. The van der Waals surface area contributed by atoms with Crippen molar-refractivity contribution in [3.63, 3.8) is 0 Å². The molecule has 1 aliphatic rings. The zero-order valence-electron chi connectivity index (χ0n) is 11.4. The first-order chi connectivity index (χ1) is 10.2. The van der Waals surface area contributed by atoms with Crippen molar-refractivity contribution in [1.29, 1.82) is 0 Å². The highest BCUT2D eigenvalue weighted by Gasteiger charge is 2.19. The Kier molecular flexibility index (Phi) is 3.79.